The Bertz CT molecular complexity index is 459. The molecule has 0 unspecified atom stereocenters. The third-order valence-corrected chi connectivity index (χ3v) is 8.86. The molecule has 2 aromatic carbocycles. The van der Waals surface area contributed by atoms with Crippen LogP contribution in [0.3, 0.4) is 0 Å². The van der Waals surface area contributed by atoms with Crippen LogP contribution in [0, 0.1) is 13.8 Å². The van der Waals surface area contributed by atoms with Crippen molar-refractivity contribution in [3.05, 3.63) is 63.8 Å². The molecular formula is C14H11Br5. The number of hydrogen-bond donors (Lipinski definition) is 0. The topological polar surface area (TPSA) is 0 Å². The Labute approximate surface area is 156 Å². The van der Waals surface area contributed by atoms with Gasteiger partial charge in [0, 0.05) is 22.4 Å². The van der Waals surface area contributed by atoms with Gasteiger partial charge in [0.2, 0.25) is 0 Å². The van der Waals surface area contributed by atoms with Gasteiger partial charge in [0.05, 0.1) is 0 Å². The van der Waals surface area contributed by atoms with Crippen LogP contribution in [-0.2, 0) is 0 Å². The minimum absolute atomic E-state index is 1.01. The van der Waals surface area contributed by atoms with Gasteiger partial charge in [0.15, 0.2) is 0 Å². The summed E-state index contributed by atoms with van der Waals surface area (Å²) in [7, 11) is 0. The molecule has 0 bridgehead atoms. The number of aryl methyl sites for hydroxylation is 1. The average molecular weight is 579 g/mol. The smallest absolute Gasteiger partial charge is 0.0482 e. The summed E-state index contributed by atoms with van der Waals surface area (Å²) in [5, 5.41) is 0. The number of rotatable bonds is 0. The Morgan fingerprint density at radius 2 is 0.947 bits per heavy atom. The molecule has 0 heterocycles. The summed E-state index contributed by atoms with van der Waals surface area (Å²) < 4.78 is 5.17. The summed E-state index contributed by atoms with van der Waals surface area (Å²) in [6.07, 6.45) is 0. The largest absolute Gasteiger partial charge is 0.0622 e. The first-order chi connectivity index (χ1) is 8.86. The fourth-order valence-electron chi connectivity index (χ4n) is 1.25. The Kier molecular flexibility index (Phi) is 7.84. The lowest BCUT2D eigenvalue weighted by Gasteiger charge is -2.09. The van der Waals surface area contributed by atoms with Crippen molar-refractivity contribution < 1.29 is 0 Å². The van der Waals surface area contributed by atoms with E-state index in [9.17, 15) is 0 Å². The summed E-state index contributed by atoms with van der Waals surface area (Å²) in [4.78, 5) is 0. The zero-order valence-corrected chi connectivity index (χ0v) is 18.2. The van der Waals surface area contributed by atoms with Crippen molar-refractivity contribution in [2.24, 2.45) is 0 Å². The second-order valence-corrected chi connectivity index (χ2v) is 7.81. The number of halogens is 5. The molecule has 2 rings (SSSR count). The van der Waals surface area contributed by atoms with Crippen LogP contribution in [0.25, 0.3) is 0 Å². The van der Waals surface area contributed by atoms with Gasteiger partial charge < -0.3 is 0 Å². The van der Waals surface area contributed by atoms with Crippen LogP contribution < -0.4 is 0 Å². The van der Waals surface area contributed by atoms with Gasteiger partial charge in [-0.05, 0) is 99.1 Å². The van der Waals surface area contributed by atoms with E-state index in [1.165, 1.54) is 5.56 Å². The Morgan fingerprint density at radius 1 is 0.579 bits per heavy atom. The van der Waals surface area contributed by atoms with Gasteiger partial charge in [-0.15, -0.1) is 0 Å². The normalized spacial score (nSPS) is 9.84. The van der Waals surface area contributed by atoms with Crippen molar-refractivity contribution in [3.8, 4) is 0 Å². The van der Waals surface area contributed by atoms with E-state index < -0.39 is 0 Å². The van der Waals surface area contributed by atoms with Gasteiger partial charge in [0.25, 0.3) is 0 Å². The lowest BCUT2D eigenvalue weighted by Crippen LogP contribution is -1.84. The summed E-state index contributed by atoms with van der Waals surface area (Å²) in [6.45, 7) is 4.12. The van der Waals surface area contributed by atoms with Gasteiger partial charge in [-0.3, -0.25) is 0 Å². The van der Waals surface area contributed by atoms with Gasteiger partial charge in [0.1, 0.15) is 0 Å². The Hall–Kier alpha value is 0.840. The van der Waals surface area contributed by atoms with E-state index in [-0.39, 0.29) is 0 Å². The molecular weight excluding hydrogens is 568 g/mol. The summed E-state index contributed by atoms with van der Waals surface area (Å²) in [5.41, 5.74) is 2.49. The zero-order chi connectivity index (χ0) is 14.6. The van der Waals surface area contributed by atoms with Crippen LogP contribution in [-0.4, -0.2) is 0 Å². The van der Waals surface area contributed by atoms with Crippen LogP contribution >= 0.6 is 79.6 Å². The first-order valence-electron chi connectivity index (χ1n) is 5.36. The first kappa shape index (κ1) is 17.9. The SMILES string of the molecule is Cc1c(Br)c(Br)c(Br)c(Br)c1Br.Cc1ccccc1. The maximum absolute atomic E-state index is 3.49. The Balaban J connectivity index is 0.000000218. The van der Waals surface area contributed by atoms with E-state index in [0.717, 1.165) is 27.9 Å². The van der Waals surface area contributed by atoms with E-state index >= 15 is 0 Å². The quantitative estimate of drug-likeness (QED) is 0.221. The molecule has 0 atom stereocenters. The molecule has 0 aromatic heterocycles. The Morgan fingerprint density at radius 3 is 1.26 bits per heavy atom. The molecule has 19 heavy (non-hydrogen) atoms. The van der Waals surface area contributed by atoms with E-state index in [2.05, 4.69) is 98.7 Å². The van der Waals surface area contributed by atoms with E-state index in [1.807, 2.05) is 25.1 Å². The fourth-order valence-corrected chi connectivity index (χ4v) is 4.49. The van der Waals surface area contributed by atoms with Crippen LogP contribution in [0.4, 0.5) is 0 Å². The third-order valence-electron chi connectivity index (χ3n) is 2.37. The molecule has 0 aliphatic rings. The van der Waals surface area contributed by atoms with Gasteiger partial charge in [-0.1, -0.05) is 35.9 Å². The number of hydrogen-bond acceptors (Lipinski definition) is 0. The molecule has 0 spiro atoms. The van der Waals surface area contributed by atoms with E-state index in [4.69, 9.17) is 0 Å². The molecule has 5 heteroatoms. The molecule has 2 aromatic rings. The maximum atomic E-state index is 3.49. The highest BCUT2D eigenvalue weighted by atomic mass is 79.9. The zero-order valence-electron chi connectivity index (χ0n) is 10.3. The van der Waals surface area contributed by atoms with Crippen LogP contribution in [0.1, 0.15) is 11.1 Å². The molecule has 0 amide bonds. The summed E-state index contributed by atoms with van der Waals surface area (Å²) in [5.74, 6) is 0. The average Bonchev–Trinajstić information content (AvgIpc) is 2.42. The van der Waals surface area contributed by atoms with Crippen molar-refractivity contribution in [3.63, 3.8) is 0 Å². The lowest BCUT2D eigenvalue weighted by atomic mass is 10.2. The molecule has 0 saturated heterocycles. The van der Waals surface area contributed by atoms with Crippen molar-refractivity contribution in [2.75, 3.05) is 0 Å². The fraction of sp³-hybridized carbons (Fsp3) is 0.143. The summed E-state index contributed by atoms with van der Waals surface area (Å²) in [6, 6.07) is 10.3. The monoisotopic (exact) mass is 574 g/mol. The maximum Gasteiger partial charge on any atom is 0.0482 e. The molecule has 0 fully saturated rings. The van der Waals surface area contributed by atoms with Crippen LogP contribution in [0.5, 0.6) is 0 Å². The third kappa shape index (κ3) is 4.95. The second kappa shape index (κ2) is 8.32. The molecule has 102 valence electrons. The highest BCUT2D eigenvalue weighted by molar-refractivity contribution is 9.15. The number of benzene rings is 2. The van der Waals surface area contributed by atoms with Crippen molar-refractivity contribution >= 4 is 79.6 Å². The molecule has 0 nitrogen and oxygen atoms in total. The highest BCUT2D eigenvalue weighted by Gasteiger charge is 2.13. The van der Waals surface area contributed by atoms with Crippen LogP contribution in [0.2, 0.25) is 0 Å². The second-order valence-electron chi connectivity index (χ2n) is 3.85. The van der Waals surface area contributed by atoms with Gasteiger partial charge >= 0.3 is 0 Å². The molecule has 0 aliphatic carbocycles. The minimum atomic E-state index is 1.01. The highest BCUT2D eigenvalue weighted by Crippen LogP contribution is 2.43. The van der Waals surface area contributed by atoms with E-state index in [1.54, 1.807) is 0 Å². The van der Waals surface area contributed by atoms with Crippen molar-refractivity contribution in [2.45, 2.75) is 13.8 Å². The lowest BCUT2D eigenvalue weighted by molar-refractivity contribution is 1.33. The first-order valence-corrected chi connectivity index (χ1v) is 9.32. The minimum Gasteiger partial charge on any atom is -0.0622 e. The summed E-state index contributed by atoms with van der Waals surface area (Å²) >= 11 is 17.4. The predicted octanol–water partition coefficient (Wildman–Crippen LogP) is 7.80. The molecule has 0 saturated carbocycles. The van der Waals surface area contributed by atoms with Crippen LogP contribution in [0.15, 0.2) is 52.7 Å². The van der Waals surface area contributed by atoms with Crippen molar-refractivity contribution in [1.29, 1.82) is 0 Å². The van der Waals surface area contributed by atoms with E-state index in [0.29, 0.717) is 0 Å². The van der Waals surface area contributed by atoms with Gasteiger partial charge in [-0.2, -0.15) is 0 Å². The molecule has 0 aliphatic heterocycles. The van der Waals surface area contributed by atoms with Crippen molar-refractivity contribution in [1.82, 2.24) is 0 Å². The molecule has 0 radical (unpaired) electrons. The standard InChI is InChI=1S/C7H3Br5.C7H8/c1-2-3(8)5(10)7(12)6(11)4(2)9;1-7-5-3-2-4-6-7/h1H3;2-6H,1H3. The predicted molar refractivity (Wildman–Crippen MR) is 101 cm³/mol. The molecule has 0 N–H and O–H groups in total. The van der Waals surface area contributed by atoms with Gasteiger partial charge in [-0.25, -0.2) is 0 Å².